The molecule has 182 valence electrons. The highest BCUT2D eigenvalue weighted by atomic mass is 32.2. The number of benzene rings is 3. The molecule has 0 aliphatic carbocycles. The van der Waals surface area contributed by atoms with E-state index in [0.29, 0.717) is 33.7 Å². The van der Waals surface area contributed by atoms with Crippen molar-refractivity contribution in [2.75, 3.05) is 10.6 Å². The largest absolute Gasteiger partial charge is 0.328 e. The summed E-state index contributed by atoms with van der Waals surface area (Å²) in [5.74, 6) is 0.485. The number of fused-ring (bicyclic) bond motifs is 1. The van der Waals surface area contributed by atoms with Crippen LogP contribution in [0, 0.1) is 19.7 Å². The normalized spacial score (nSPS) is 14.8. The van der Waals surface area contributed by atoms with E-state index < -0.39 is 6.04 Å². The third-order valence-corrected chi connectivity index (χ3v) is 7.02. The smallest absolute Gasteiger partial charge is 0.255 e. The number of nitrogens with zero attached hydrogens (tertiary/aromatic N) is 3. The second-order valence-corrected chi connectivity index (χ2v) is 9.73. The van der Waals surface area contributed by atoms with E-state index in [1.807, 2.05) is 75.4 Å². The van der Waals surface area contributed by atoms with Gasteiger partial charge in [0.1, 0.15) is 11.9 Å². The average molecular weight is 500 g/mol. The highest BCUT2D eigenvalue weighted by molar-refractivity contribution is 7.98. The number of halogens is 1. The summed E-state index contributed by atoms with van der Waals surface area (Å²) in [6, 6.07) is 21.9. The van der Waals surface area contributed by atoms with Crippen LogP contribution in [-0.4, -0.2) is 20.7 Å². The zero-order valence-electron chi connectivity index (χ0n) is 20.2. The van der Waals surface area contributed by atoms with Gasteiger partial charge in [0.2, 0.25) is 11.1 Å². The van der Waals surface area contributed by atoms with Gasteiger partial charge in [0.15, 0.2) is 0 Å². The molecule has 3 aromatic carbocycles. The standard InChI is InChI=1S/C28H26FN5OS/c1-17-13-14-23(18(2)15-17)31-26(35)24-19(3)30-27-32-28(36-16-21-11-7-8-12-22(21)29)33-34(27)25(24)20-9-5-4-6-10-20/h4-15,25H,16H2,1-3H3,(H,31,35)(H,30,32,33). The Balaban J connectivity index is 1.48. The average Bonchev–Trinajstić information content (AvgIpc) is 3.27. The van der Waals surface area contributed by atoms with E-state index in [4.69, 9.17) is 5.10 Å². The minimum atomic E-state index is -0.469. The minimum absolute atomic E-state index is 0.206. The first-order chi connectivity index (χ1) is 17.4. The Morgan fingerprint density at radius 1 is 1.06 bits per heavy atom. The maximum absolute atomic E-state index is 14.1. The molecule has 1 aliphatic rings. The van der Waals surface area contributed by atoms with E-state index in [-0.39, 0.29) is 11.7 Å². The van der Waals surface area contributed by atoms with Crippen molar-refractivity contribution < 1.29 is 9.18 Å². The third kappa shape index (κ3) is 4.77. The van der Waals surface area contributed by atoms with E-state index in [2.05, 4.69) is 15.6 Å². The number of thioether (sulfide) groups is 1. The van der Waals surface area contributed by atoms with Crippen LogP contribution < -0.4 is 10.6 Å². The zero-order chi connectivity index (χ0) is 25.2. The molecular formula is C28H26FN5OS. The van der Waals surface area contributed by atoms with E-state index in [1.54, 1.807) is 16.8 Å². The second-order valence-electron chi connectivity index (χ2n) is 8.79. The molecule has 0 saturated carbocycles. The fourth-order valence-corrected chi connectivity index (χ4v) is 5.15. The van der Waals surface area contributed by atoms with Crippen LogP contribution in [0.1, 0.15) is 35.2 Å². The zero-order valence-corrected chi connectivity index (χ0v) is 21.1. The molecule has 6 nitrogen and oxygen atoms in total. The lowest BCUT2D eigenvalue weighted by Gasteiger charge is -2.28. The molecule has 1 amide bonds. The van der Waals surface area contributed by atoms with Gasteiger partial charge in [-0.3, -0.25) is 4.79 Å². The molecule has 8 heteroatoms. The van der Waals surface area contributed by atoms with Gasteiger partial charge in [0, 0.05) is 17.1 Å². The number of carbonyl (C=O) groups excluding carboxylic acids is 1. The molecule has 1 aromatic heterocycles. The second kappa shape index (κ2) is 9.99. The maximum Gasteiger partial charge on any atom is 0.255 e. The quantitative estimate of drug-likeness (QED) is 0.307. The van der Waals surface area contributed by atoms with Gasteiger partial charge in [-0.15, -0.1) is 5.10 Å². The van der Waals surface area contributed by atoms with Gasteiger partial charge in [0.25, 0.3) is 5.91 Å². The summed E-state index contributed by atoms with van der Waals surface area (Å²) in [6.07, 6.45) is 0. The lowest BCUT2D eigenvalue weighted by atomic mass is 9.95. The van der Waals surface area contributed by atoms with Crippen LogP contribution in [0.3, 0.4) is 0 Å². The predicted octanol–water partition coefficient (Wildman–Crippen LogP) is 6.25. The highest BCUT2D eigenvalue weighted by Crippen LogP contribution is 2.37. The molecular weight excluding hydrogens is 473 g/mol. The summed E-state index contributed by atoms with van der Waals surface area (Å²) in [6.45, 7) is 5.87. The molecule has 1 atom stereocenters. The van der Waals surface area contributed by atoms with Crippen LogP contribution in [0.4, 0.5) is 16.0 Å². The van der Waals surface area contributed by atoms with Gasteiger partial charge in [-0.25, -0.2) is 9.07 Å². The van der Waals surface area contributed by atoms with Gasteiger partial charge in [-0.05, 0) is 49.6 Å². The summed E-state index contributed by atoms with van der Waals surface area (Å²) in [5, 5.41) is 11.6. The Morgan fingerprint density at radius 3 is 2.56 bits per heavy atom. The Morgan fingerprint density at radius 2 is 1.81 bits per heavy atom. The fraction of sp³-hybridized carbons (Fsp3) is 0.179. The summed E-state index contributed by atoms with van der Waals surface area (Å²) < 4.78 is 15.8. The van der Waals surface area contributed by atoms with Crippen molar-refractivity contribution in [3.8, 4) is 0 Å². The monoisotopic (exact) mass is 499 g/mol. The first-order valence-electron chi connectivity index (χ1n) is 11.6. The number of hydrogen-bond acceptors (Lipinski definition) is 5. The molecule has 36 heavy (non-hydrogen) atoms. The summed E-state index contributed by atoms with van der Waals surface area (Å²) in [5.41, 5.74) is 5.67. The van der Waals surface area contributed by atoms with Gasteiger partial charge in [-0.1, -0.05) is 78.0 Å². The Kier molecular flexibility index (Phi) is 6.61. The number of rotatable bonds is 6. The number of carbonyl (C=O) groups is 1. The van der Waals surface area contributed by atoms with Crippen molar-refractivity contribution in [3.63, 3.8) is 0 Å². The molecule has 2 N–H and O–H groups in total. The van der Waals surface area contributed by atoms with E-state index in [9.17, 15) is 9.18 Å². The number of allylic oxidation sites excluding steroid dienone is 1. The van der Waals surface area contributed by atoms with Crippen LogP contribution in [0.15, 0.2) is 89.2 Å². The Hall–Kier alpha value is -3.91. The molecule has 0 bridgehead atoms. The molecule has 5 rings (SSSR count). The SMILES string of the molecule is CC1=C(C(=O)Nc2ccc(C)cc2C)C(c2ccccc2)n2nc(SCc3ccccc3F)nc2N1. The van der Waals surface area contributed by atoms with Crippen molar-refractivity contribution >= 4 is 29.3 Å². The Bertz CT molecular complexity index is 1460. The molecule has 0 fully saturated rings. The number of anilines is 2. The molecule has 4 aromatic rings. The minimum Gasteiger partial charge on any atom is -0.328 e. The molecule has 1 unspecified atom stereocenters. The van der Waals surface area contributed by atoms with Crippen LogP contribution >= 0.6 is 11.8 Å². The summed E-state index contributed by atoms with van der Waals surface area (Å²) in [7, 11) is 0. The van der Waals surface area contributed by atoms with E-state index >= 15 is 0 Å². The third-order valence-electron chi connectivity index (χ3n) is 6.14. The van der Waals surface area contributed by atoms with Crippen LogP contribution in [0.25, 0.3) is 0 Å². The topological polar surface area (TPSA) is 71.8 Å². The number of nitrogens with one attached hydrogen (secondary N) is 2. The van der Waals surface area contributed by atoms with Gasteiger partial charge in [0.05, 0.1) is 5.57 Å². The van der Waals surface area contributed by atoms with Crippen molar-refractivity contribution in [2.24, 2.45) is 0 Å². The van der Waals surface area contributed by atoms with Crippen LogP contribution in [-0.2, 0) is 10.5 Å². The first kappa shape index (κ1) is 23.8. The molecule has 2 heterocycles. The number of hydrogen-bond donors (Lipinski definition) is 2. The highest BCUT2D eigenvalue weighted by Gasteiger charge is 2.34. The summed E-state index contributed by atoms with van der Waals surface area (Å²) in [4.78, 5) is 18.3. The lowest BCUT2D eigenvalue weighted by Crippen LogP contribution is -2.31. The summed E-state index contributed by atoms with van der Waals surface area (Å²) >= 11 is 1.35. The first-order valence-corrected chi connectivity index (χ1v) is 12.6. The molecule has 0 radical (unpaired) electrons. The molecule has 0 spiro atoms. The van der Waals surface area contributed by atoms with Crippen LogP contribution in [0.5, 0.6) is 0 Å². The van der Waals surface area contributed by atoms with E-state index in [0.717, 1.165) is 22.4 Å². The van der Waals surface area contributed by atoms with Crippen molar-refractivity contribution in [2.45, 2.75) is 37.7 Å². The number of amides is 1. The fourth-order valence-electron chi connectivity index (χ4n) is 4.33. The number of aromatic nitrogens is 3. The van der Waals surface area contributed by atoms with Crippen molar-refractivity contribution in [1.82, 2.24) is 14.8 Å². The molecule has 1 aliphatic heterocycles. The molecule has 0 saturated heterocycles. The predicted molar refractivity (Wildman–Crippen MR) is 141 cm³/mol. The number of aryl methyl sites for hydroxylation is 2. The lowest BCUT2D eigenvalue weighted by molar-refractivity contribution is -0.113. The van der Waals surface area contributed by atoms with Crippen LogP contribution in [0.2, 0.25) is 0 Å². The van der Waals surface area contributed by atoms with Crippen molar-refractivity contribution in [1.29, 1.82) is 0 Å². The Labute approximate surface area is 213 Å². The van der Waals surface area contributed by atoms with Gasteiger partial charge in [-0.2, -0.15) is 4.98 Å². The maximum atomic E-state index is 14.1. The van der Waals surface area contributed by atoms with E-state index in [1.165, 1.54) is 17.8 Å². The van der Waals surface area contributed by atoms with Gasteiger partial charge < -0.3 is 10.6 Å². The van der Waals surface area contributed by atoms with Crippen molar-refractivity contribution in [3.05, 3.63) is 112 Å². The van der Waals surface area contributed by atoms with Gasteiger partial charge >= 0.3 is 0 Å².